The van der Waals surface area contributed by atoms with Crippen LogP contribution in [-0.2, 0) is 0 Å². The highest BCUT2D eigenvalue weighted by atomic mass is 127. The van der Waals surface area contributed by atoms with E-state index in [-0.39, 0.29) is 24.0 Å². The molecular weight excluding hydrogens is 339 g/mol. The van der Waals surface area contributed by atoms with Crippen LogP contribution in [0.25, 0.3) is 0 Å². The van der Waals surface area contributed by atoms with Gasteiger partial charge in [0.25, 0.3) is 0 Å². The molecular formula is C13H27IN4. The highest BCUT2D eigenvalue weighted by Gasteiger charge is 2.12. The Morgan fingerprint density at radius 2 is 1.78 bits per heavy atom. The van der Waals surface area contributed by atoms with Crippen molar-refractivity contribution in [2.24, 2.45) is 4.99 Å². The predicted octanol–water partition coefficient (Wildman–Crippen LogP) is 1.52. The summed E-state index contributed by atoms with van der Waals surface area (Å²) in [5.41, 5.74) is 0. The fourth-order valence-electron chi connectivity index (χ4n) is 1.77. The summed E-state index contributed by atoms with van der Waals surface area (Å²) in [6.07, 6.45) is 5.18. The molecule has 0 aliphatic rings. The minimum Gasteiger partial charge on any atom is -0.355 e. The zero-order valence-electron chi connectivity index (χ0n) is 12.2. The number of nitrogens with one attached hydrogen (secondary N) is 2. The summed E-state index contributed by atoms with van der Waals surface area (Å²) in [5.74, 6) is 3.29. The van der Waals surface area contributed by atoms with Crippen LogP contribution in [0.5, 0.6) is 0 Å². The number of guanidine groups is 1. The van der Waals surface area contributed by atoms with E-state index >= 15 is 0 Å². The second kappa shape index (κ2) is 11.6. The smallest absolute Gasteiger partial charge is 0.191 e. The first-order valence-corrected chi connectivity index (χ1v) is 6.16. The molecule has 5 heteroatoms. The van der Waals surface area contributed by atoms with Gasteiger partial charge in [-0.25, -0.2) is 0 Å². The van der Waals surface area contributed by atoms with E-state index in [4.69, 9.17) is 6.42 Å². The van der Waals surface area contributed by atoms with Crippen molar-refractivity contribution >= 4 is 29.9 Å². The second-order valence-corrected chi connectivity index (χ2v) is 4.48. The van der Waals surface area contributed by atoms with E-state index in [0.29, 0.717) is 18.6 Å². The van der Waals surface area contributed by atoms with Gasteiger partial charge in [0.05, 0.1) is 6.54 Å². The van der Waals surface area contributed by atoms with Crippen molar-refractivity contribution in [2.75, 3.05) is 26.7 Å². The third-order valence-corrected chi connectivity index (χ3v) is 2.57. The molecule has 0 spiro atoms. The molecule has 2 N–H and O–H groups in total. The van der Waals surface area contributed by atoms with Crippen LogP contribution in [0.15, 0.2) is 4.99 Å². The average molecular weight is 366 g/mol. The van der Waals surface area contributed by atoms with Gasteiger partial charge in [0.15, 0.2) is 5.96 Å². The second-order valence-electron chi connectivity index (χ2n) is 4.48. The monoisotopic (exact) mass is 366 g/mol. The van der Waals surface area contributed by atoms with E-state index in [1.807, 2.05) is 0 Å². The van der Waals surface area contributed by atoms with Gasteiger partial charge < -0.3 is 10.6 Å². The Kier molecular flexibility index (Phi) is 12.8. The highest BCUT2D eigenvalue weighted by Crippen LogP contribution is 2.02. The van der Waals surface area contributed by atoms with Crippen LogP contribution in [0.2, 0.25) is 0 Å². The van der Waals surface area contributed by atoms with E-state index in [9.17, 15) is 0 Å². The zero-order chi connectivity index (χ0) is 13.3. The molecule has 0 atom stereocenters. The Labute approximate surface area is 129 Å². The largest absolute Gasteiger partial charge is 0.355 e. The first-order chi connectivity index (χ1) is 8.02. The van der Waals surface area contributed by atoms with Crippen molar-refractivity contribution in [3.05, 3.63) is 0 Å². The quantitative estimate of drug-likeness (QED) is 0.324. The van der Waals surface area contributed by atoms with E-state index < -0.39 is 0 Å². The zero-order valence-corrected chi connectivity index (χ0v) is 14.5. The van der Waals surface area contributed by atoms with Crippen LogP contribution < -0.4 is 10.6 Å². The van der Waals surface area contributed by atoms with Crippen molar-refractivity contribution in [1.82, 2.24) is 15.5 Å². The average Bonchev–Trinajstić information content (AvgIpc) is 2.27. The van der Waals surface area contributed by atoms with Gasteiger partial charge in [0.1, 0.15) is 0 Å². The van der Waals surface area contributed by atoms with Gasteiger partial charge in [-0.05, 0) is 27.7 Å². The molecule has 106 valence electrons. The summed E-state index contributed by atoms with van der Waals surface area (Å²) in [7, 11) is 1.74. The standard InChI is InChI=1S/C13H26N4.HI/c1-7-8-15-13(14-6)16-9-10-17(11(2)3)12(4)5;/h1,11-12H,8-10H2,2-6H3,(H2,14,15,16);1H. The molecule has 0 rings (SSSR count). The minimum atomic E-state index is 0. The number of aliphatic imine (C=N–C) groups is 1. The van der Waals surface area contributed by atoms with Gasteiger partial charge in [-0.15, -0.1) is 30.4 Å². The van der Waals surface area contributed by atoms with E-state index in [0.717, 1.165) is 19.0 Å². The van der Waals surface area contributed by atoms with Crippen LogP contribution in [-0.4, -0.2) is 49.6 Å². The Hall–Kier alpha value is -0.480. The first-order valence-electron chi connectivity index (χ1n) is 6.16. The topological polar surface area (TPSA) is 39.7 Å². The fourth-order valence-corrected chi connectivity index (χ4v) is 1.77. The number of nitrogens with zero attached hydrogens (tertiary/aromatic N) is 2. The lowest BCUT2D eigenvalue weighted by Gasteiger charge is -2.30. The molecule has 0 fully saturated rings. The number of rotatable bonds is 6. The van der Waals surface area contributed by atoms with Crippen molar-refractivity contribution in [3.8, 4) is 12.3 Å². The maximum Gasteiger partial charge on any atom is 0.191 e. The molecule has 0 unspecified atom stereocenters. The minimum absolute atomic E-state index is 0. The summed E-state index contributed by atoms with van der Waals surface area (Å²) < 4.78 is 0. The van der Waals surface area contributed by atoms with Crippen molar-refractivity contribution in [2.45, 2.75) is 39.8 Å². The number of hydrogen-bond donors (Lipinski definition) is 2. The maximum atomic E-state index is 5.18. The lowest BCUT2D eigenvalue weighted by molar-refractivity contribution is 0.178. The Morgan fingerprint density at radius 3 is 2.17 bits per heavy atom. The van der Waals surface area contributed by atoms with Crippen LogP contribution in [0, 0.1) is 12.3 Å². The van der Waals surface area contributed by atoms with E-state index in [1.165, 1.54) is 0 Å². The molecule has 0 aromatic heterocycles. The number of terminal acetylenes is 1. The van der Waals surface area contributed by atoms with Gasteiger partial charge in [0.2, 0.25) is 0 Å². The SMILES string of the molecule is C#CCNC(=NC)NCCN(C(C)C)C(C)C.I. The molecule has 0 saturated carbocycles. The van der Waals surface area contributed by atoms with Gasteiger partial charge in [-0.2, -0.15) is 0 Å². The lowest BCUT2D eigenvalue weighted by Crippen LogP contribution is -2.45. The molecule has 4 nitrogen and oxygen atoms in total. The normalized spacial score (nSPS) is 11.4. The van der Waals surface area contributed by atoms with Crippen molar-refractivity contribution in [1.29, 1.82) is 0 Å². The Balaban J connectivity index is 0. The summed E-state index contributed by atoms with van der Waals surface area (Å²) in [6, 6.07) is 1.11. The maximum absolute atomic E-state index is 5.18. The predicted molar refractivity (Wildman–Crippen MR) is 90.6 cm³/mol. The molecule has 0 aromatic rings. The first kappa shape index (κ1) is 19.9. The molecule has 0 radical (unpaired) electrons. The summed E-state index contributed by atoms with van der Waals surface area (Å²) in [6.45, 7) is 11.2. The van der Waals surface area contributed by atoms with E-state index in [1.54, 1.807) is 7.05 Å². The van der Waals surface area contributed by atoms with Crippen LogP contribution in [0.1, 0.15) is 27.7 Å². The van der Waals surface area contributed by atoms with Crippen molar-refractivity contribution in [3.63, 3.8) is 0 Å². The number of hydrogen-bond acceptors (Lipinski definition) is 2. The van der Waals surface area contributed by atoms with Crippen LogP contribution in [0.4, 0.5) is 0 Å². The summed E-state index contributed by atoms with van der Waals surface area (Å²) >= 11 is 0. The molecule has 18 heavy (non-hydrogen) atoms. The molecule has 0 aromatic carbocycles. The van der Waals surface area contributed by atoms with Gasteiger partial charge in [-0.1, -0.05) is 5.92 Å². The number of halogens is 1. The van der Waals surface area contributed by atoms with Gasteiger partial charge >= 0.3 is 0 Å². The molecule has 0 aliphatic carbocycles. The van der Waals surface area contributed by atoms with Crippen LogP contribution >= 0.6 is 24.0 Å². The van der Waals surface area contributed by atoms with Crippen LogP contribution in [0.3, 0.4) is 0 Å². The third kappa shape index (κ3) is 8.59. The molecule has 0 saturated heterocycles. The van der Waals surface area contributed by atoms with Crippen molar-refractivity contribution < 1.29 is 0 Å². The van der Waals surface area contributed by atoms with Gasteiger partial charge in [0, 0.05) is 32.2 Å². The molecule has 0 aliphatic heterocycles. The Bertz CT molecular complexity index is 261. The summed E-state index contributed by atoms with van der Waals surface area (Å²) in [4.78, 5) is 6.52. The molecule has 0 heterocycles. The molecule has 0 bridgehead atoms. The summed E-state index contributed by atoms with van der Waals surface area (Å²) in [5, 5.41) is 6.28. The lowest BCUT2D eigenvalue weighted by atomic mass is 10.2. The highest BCUT2D eigenvalue weighted by molar-refractivity contribution is 14.0. The molecule has 0 amide bonds. The third-order valence-electron chi connectivity index (χ3n) is 2.57. The Morgan fingerprint density at radius 1 is 1.22 bits per heavy atom. The fraction of sp³-hybridized carbons (Fsp3) is 0.769. The van der Waals surface area contributed by atoms with Gasteiger partial charge in [-0.3, -0.25) is 9.89 Å². The van der Waals surface area contributed by atoms with E-state index in [2.05, 4.69) is 54.1 Å².